The summed E-state index contributed by atoms with van der Waals surface area (Å²) in [4.78, 5) is 29.8. The van der Waals surface area contributed by atoms with Crippen LogP contribution >= 0.6 is 0 Å². The molecule has 0 radical (unpaired) electrons. The maximum atomic E-state index is 13.1. The van der Waals surface area contributed by atoms with E-state index < -0.39 is 0 Å². The van der Waals surface area contributed by atoms with Crippen molar-refractivity contribution in [2.24, 2.45) is 5.92 Å². The first-order valence-electron chi connectivity index (χ1n) is 10.0. The van der Waals surface area contributed by atoms with E-state index in [9.17, 15) is 9.59 Å². The maximum Gasteiger partial charge on any atom is 0.252 e. The van der Waals surface area contributed by atoms with Crippen molar-refractivity contribution in [2.45, 2.75) is 27.3 Å². The van der Waals surface area contributed by atoms with Crippen LogP contribution in [0.3, 0.4) is 0 Å². The van der Waals surface area contributed by atoms with Crippen molar-refractivity contribution in [2.75, 3.05) is 19.5 Å². The molecule has 162 valence electrons. The van der Waals surface area contributed by atoms with Crippen LogP contribution in [-0.2, 0) is 11.3 Å². The number of carbonyl (C=O) groups excluding carboxylic acids is 2. The number of nitrogens with one attached hydrogen (secondary N) is 2. The number of amides is 2. The second-order valence-corrected chi connectivity index (χ2v) is 7.59. The molecule has 7 heteroatoms. The van der Waals surface area contributed by atoms with Crippen LogP contribution in [0.25, 0.3) is 10.9 Å². The quantitative estimate of drug-likeness (QED) is 0.600. The molecule has 0 aliphatic carbocycles. The van der Waals surface area contributed by atoms with E-state index in [0.29, 0.717) is 33.7 Å². The Kier molecular flexibility index (Phi) is 6.74. The smallest absolute Gasteiger partial charge is 0.252 e. The number of aromatic nitrogens is 1. The maximum absolute atomic E-state index is 13.1. The minimum atomic E-state index is -0.266. The molecule has 7 nitrogen and oxygen atoms in total. The monoisotopic (exact) mass is 421 g/mol. The number of hydrogen-bond donors (Lipinski definition) is 2. The zero-order valence-corrected chi connectivity index (χ0v) is 18.4. The molecule has 0 spiro atoms. The average Bonchev–Trinajstić information content (AvgIpc) is 2.76. The molecule has 2 amide bonds. The number of fused-ring (bicyclic) bond motifs is 1. The lowest BCUT2D eigenvalue weighted by atomic mass is 10.0. The van der Waals surface area contributed by atoms with E-state index in [1.54, 1.807) is 32.4 Å². The lowest BCUT2D eigenvalue weighted by molar-refractivity contribution is -0.118. The van der Waals surface area contributed by atoms with Crippen molar-refractivity contribution in [3.8, 4) is 11.5 Å². The Hall–Kier alpha value is -3.61. The van der Waals surface area contributed by atoms with Gasteiger partial charge in [-0.05, 0) is 42.8 Å². The van der Waals surface area contributed by atoms with Gasteiger partial charge in [-0.1, -0.05) is 19.9 Å². The third kappa shape index (κ3) is 5.31. The molecule has 3 rings (SSSR count). The molecule has 2 N–H and O–H groups in total. The summed E-state index contributed by atoms with van der Waals surface area (Å²) in [5.74, 6) is 0.723. The molecule has 31 heavy (non-hydrogen) atoms. The Bertz CT molecular complexity index is 1100. The Morgan fingerprint density at radius 1 is 1.00 bits per heavy atom. The van der Waals surface area contributed by atoms with Gasteiger partial charge in [0.05, 0.1) is 25.3 Å². The number of aryl methyl sites for hydroxylation is 1. The van der Waals surface area contributed by atoms with Crippen LogP contribution in [0.1, 0.15) is 35.5 Å². The average molecular weight is 421 g/mol. The normalized spacial score (nSPS) is 10.8. The fourth-order valence-corrected chi connectivity index (χ4v) is 3.13. The number of nitrogens with zero attached hydrogens (tertiary/aromatic N) is 1. The van der Waals surface area contributed by atoms with Crippen LogP contribution in [-0.4, -0.2) is 31.0 Å². The molecule has 0 fully saturated rings. The van der Waals surface area contributed by atoms with Crippen LogP contribution in [0.2, 0.25) is 0 Å². The van der Waals surface area contributed by atoms with Gasteiger partial charge in [0.1, 0.15) is 11.5 Å². The summed E-state index contributed by atoms with van der Waals surface area (Å²) in [5.41, 5.74) is 3.30. The number of benzene rings is 2. The highest BCUT2D eigenvalue weighted by molar-refractivity contribution is 6.08. The van der Waals surface area contributed by atoms with Gasteiger partial charge in [-0.2, -0.15) is 0 Å². The Morgan fingerprint density at radius 2 is 1.68 bits per heavy atom. The number of hydrogen-bond acceptors (Lipinski definition) is 5. The summed E-state index contributed by atoms with van der Waals surface area (Å²) in [6.07, 6.45) is 0. The van der Waals surface area contributed by atoms with Crippen molar-refractivity contribution in [3.05, 3.63) is 59.3 Å². The van der Waals surface area contributed by atoms with Gasteiger partial charge in [0, 0.05) is 35.3 Å². The van der Waals surface area contributed by atoms with Gasteiger partial charge in [-0.15, -0.1) is 0 Å². The molecule has 1 heterocycles. The van der Waals surface area contributed by atoms with Gasteiger partial charge in [-0.25, -0.2) is 0 Å². The lowest BCUT2D eigenvalue weighted by Crippen LogP contribution is -2.24. The molecule has 2 aromatic carbocycles. The number of pyridine rings is 1. The van der Waals surface area contributed by atoms with Crippen molar-refractivity contribution in [3.63, 3.8) is 0 Å². The Morgan fingerprint density at radius 3 is 2.29 bits per heavy atom. The number of carbonyl (C=O) groups is 2. The lowest BCUT2D eigenvalue weighted by Gasteiger charge is -2.13. The van der Waals surface area contributed by atoms with Gasteiger partial charge in [0.25, 0.3) is 5.91 Å². The minimum absolute atomic E-state index is 0.123. The Labute approximate surface area is 181 Å². The van der Waals surface area contributed by atoms with Gasteiger partial charge in [0.2, 0.25) is 5.91 Å². The zero-order chi connectivity index (χ0) is 22.5. The highest BCUT2D eigenvalue weighted by atomic mass is 16.5. The first kappa shape index (κ1) is 22.1. The SMILES string of the molecule is COc1cc(CNC(=O)c2cc(NC(=O)C(C)C)cc3nc(C)ccc23)cc(OC)c1. The molecular weight excluding hydrogens is 394 g/mol. The summed E-state index contributed by atoms with van der Waals surface area (Å²) in [7, 11) is 3.16. The summed E-state index contributed by atoms with van der Waals surface area (Å²) in [5, 5.41) is 6.51. The third-order valence-electron chi connectivity index (χ3n) is 4.85. The molecular formula is C24H27N3O4. The van der Waals surface area contributed by atoms with Gasteiger partial charge >= 0.3 is 0 Å². The standard InChI is InChI=1S/C24H27N3O4/c1-14(2)23(28)27-17-10-21(20-7-6-15(3)26-22(20)11-17)24(29)25-13-16-8-18(30-4)12-19(9-16)31-5/h6-12,14H,13H2,1-5H3,(H,25,29)(H,27,28). The van der Waals surface area contributed by atoms with Gasteiger partial charge < -0.3 is 20.1 Å². The molecule has 0 saturated carbocycles. The predicted molar refractivity (Wildman–Crippen MR) is 121 cm³/mol. The van der Waals surface area contributed by atoms with E-state index in [4.69, 9.17) is 9.47 Å². The first-order valence-corrected chi connectivity index (χ1v) is 10.0. The van der Waals surface area contributed by atoms with Crippen molar-refractivity contribution in [1.29, 1.82) is 0 Å². The van der Waals surface area contributed by atoms with Crippen LogP contribution in [0.4, 0.5) is 5.69 Å². The van der Waals surface area contributed by atoms with Gasteiger partial charge in [0.15, 0.2) is 0 Å². The molecule has 1 aromatic heterocycles. The van der Waals surface area contributed by atoms with Crippen LogP contribution in [0, 0.1) is 12.8 Å². The molecule has 0 unspecified atom stereocenters. The van der Waals surface area contributed by atoms with E-state index in [1.165, 1.54) is 0 Å². The topological polar surface area (TPSA) is 89.6 Å². The number of ether oxygens (including phenoxy) is 2. The van der Waals surface area contributed by atoms with Crippen molar-refractivity contribution < 1.29 is 19.1 Å². The molecule has 0 aliphatic rings. The van der Waals surface area contributed by atoms with Crippen LogP contribution < -0.4 is 20.1 Å². The van der Waals surface area contributed by atoms with Crippen molar-refractivity contribution in [1.82, 2.24) is 10.3 Å². The third-order valence-corrected chi connectivity index (χ3v) is 4.85. The van der Waals surface area contributed by atoms with E-state index >= 15 is 0 Å². The first-order chi connectivity index (χ1) is 14.8. The summed E-state index contributed by atoms with van der Waals surface area (Å²) < 4.78 is 10.6. The molecule has 0 atom stereocenters. The number of methoxy groups -OCH3 is 2. The summed E-state index contributed by atoms with van der Waals surface area (Å²) in [6.45, 7) is 5.80. The molecule has 0 aliphatic heterocycles. The Balaban J connectivity index is 1.91. The largest absolute Gasteiger partial charge is 0.497 e. The molecule has 0 saturated heterocycles. The van der Waals surface area contributed by atoms with E-state index in [1.807, 2.05) is 45.0 Å². The van der Waals surface area contributed by atoms with Crippen LogP contribution in [0.5, 0.6) is 11.5 Å². The summed E-state index contributed by atoms with van der Waals surface area (Å²) >= 11 is 0. The summed E-state index contributed by atoms with van der Waals surface area (Å²) in [6, 6.07) is 12.6. The van der Waals surface area contributed by atoms with Crippen molar-refractivity contribution >= 4 is 28.4 Å². The fraction of sp³-hybridized carbons (Fsp3) is 0.292. The second-order valence-electron chi connectivity index (χ2n) is 7.59. The van der Waals surface area contributed by atoms with E-state index in [2.05, 4.69) is 15.6 Å². The van der Waals surface area contributed by atoms with Gasteiger partial charge in [-0.3, -0.25) is 14.6 Å². The van der Waals surface area contributed by atoms with Crippen LogP contribution in [0.15, 0.2) is 42.5 Å². The fourth-order valence-electron chi connectivity index (χ4n) is 3.13. The number of anilines is 1. The minimum Gasteiger partial charge on any atom is -0.497 e. The second kappa shape index (κ2) is 9.47. The highest BCUT2D eigenvalue weighted by Gasteiger charge is 2.15. The van der Waals surface area contributed by atoms with E-state index in [-0.39, 0.29) is 24.3 Å². The zero-order valence-electron chi connectivity index (χ0n) is 18.4. The number of rotatable bonds is 7. The van der Waals surface area contributed by atoms with E-state index in [0.717, 1.165) is 11.3 Å². The molecule has 0 bridgehead atoms. The molecule has 3 aromatic rings. The predicted octanol–water partition coefficient (Wildman–Crippen LogP) is 4.08. The highest BCUT2D eigenvalue weighted by Crippen LogP contribution is 2.25.